The molecule has 0 bridgehead atoms. The molecule has 0 radical (unpaired) electrons. The fraction of sp³-hybridized carbons (Fsp3) is 0.250. The number of nitrogens with one attached hydrogen (secondary N) is 2. The molecule has 1 heterocycles. The van der Waals surface area contributed by atoms with Gasteiger partial charge in [-0.25, -0.2) is 4.79 Å². The first kappa shape index (κ1) is 12.7. The number of rotatable bonds is 2. The molecule has 0 aliphatic heterocycles. The summed E-state index contributed by atoms with van der Waals surface area (Å²) in [5.74, 6) is 0. The predicted molar refractivity (Wildman–Crippen MR) is 80.4 cm³/mol. The van der Waals surface area contributed by atoms with E-state index in [0.717, 1.165) is 29.4 Å². The molecule has 2 amide bonds. The number of benzene rings is 1. The molecular formula is C16H17N3O. The van der Waals surface area contributed by atoms with Crippen LogP contribution in [0.15, 0.2) is 48.3 Å². The Balaban J connectivity index is 1.72. The van der Waals surface area contributed by atoms with Crippen LogP contribution in [0.3, 0.4) is 0 Å². The molecule has 20 heavy (non-hydrogen) atoms. The van der Waals surface area contributed by atoms with Gasteiger partial charge in [0.05, 0.1) is 11.2 Å². The van der Waals surface area contributed by atoms with Crippen LogP contribution in [0.5, 0.6) is 0 Å². The third-order valence-electron chi connectivity index (χ3n) is 3.53. The Morgan fingerprint density at radius 1 is 1.15 bits per heavy atom. The highest BCUT2D eigenvalue weighted by Gasteiger charge is 2.08. The van der Waals surface area contributed by atoms with Gasteiger partial charge in [0.2, 0.25) is 0 Å². The number of carbonyl (C=O) groups excluding carboxylic acids is 1. The largest absolute Gasteiger partial charge is 0.323 e. The molecule has 0 atom stereocenters. The molecule has 1 aliphatic rings. The summed E-state index contributed by atoms with van der Waals surface area (Å²) >= 11 is 0. The van der Waals surface area contributed by atoms with E-state index in [1.54, 1.807) is 6.20 Å². The zero-order chi connectivity index (χ0) is 13.8. The Kier molecular flexibility index (Phi) is 3.63. The number of anilines is 1. The highest BCUT2D eigenvalue weighted by molar-refractivity contribution is 5.99. The van der Waals surface area contributed by atoms with Crippen LogP contribution in [0.25, 0.3) is 10.9 Å². The molecular weight excluding hydrogens is 250 g/mol. The number of amides is 2. The number of carbonyl (C=O) groups is 1. The van der Waals surface area contributed by atoms with Crippen molar-refractivity contribution in [3.63, 3.8) is 0 Å². The Hall–Kier alpha value is -2.36. The zero-order valence-electron chi connectivity index (χ0n) is 11.2. The molecule has 1 aromatic carbocycles. The first-order valence-electron chi connectivity index (χ1n) is 6.92. The van der Waals surface area contributed by atoms with Crippen molar-refractivity contribution in [3.05, 3.63) is 48.3 Å². The SMILES string of the molecule is O=C(NC=C1CCCC1)Nc1cccc2cccnc12. The van der Waals surface area contributed by atoms with Gasteiger partial charge in [-0.1, -0.05) is 23.8 Å². The summed E-state index contributed by atoms with van der Waals surface area (Å²) in [6.45, 7) is 0. The maximum atomic E-state index is 11.9. The molecule has 1 saturated carbocycles. The second-order valence-electron chi connectivity index (χ2n) is 4.99. The molecule has 2 aromatic rings. The number of nitrogens with zero attached hydrogens (tertiary/aromatic N) is 1. The van der Waals surface area contributed by atoms with Crippen LogP contribution < -0.4 is 10.6 Å². The Labute approximate surface area is 117 Å². The summed E-state index contributed by atoms with van der Waals surface area (Å²) in [6.07, 6.45) is 8.20. The van der Waals surface area contributed by atoms with Gasteiger partial charge < -0.3 is 10.6 Å². The lowest BCUT2D eigenvalue weighted by molar-refractivity contribution is 0.255. The normalized spacial score (nSPS) is 14.3. The maximum Gasteiger partial charge on any atom is 0.323 e. The first-order valence-corrected chi connectivity index (χ1v) is 6.92. The fourth-order valence-electron chi connectivity index (χ4n) is 2.50. The lowest BCUT2D eigenvalue weighted by Crippen LogP contribution is -2.24. The summed E-state index contributed by atoms with van der Waals surface area (Å²) in [6, 6.07) is 9.39. The van der Waals surface area contributed by atoms with Crippen LogP contribution in [0.1, 0.15) is 25.7 Å². The van der Waals surface area contributed by atoms with Gasteiger partial charge in [0, 0.05) is 17.8 Å². The topological polar surface area (TPSA) is 54.0 Å². The van der Waals surface area contributed by atoms with Gasteiger partial charge in [-0.2, -0.15) is 0 Å². The van der Waals surface area contributed by atoms with Crippen LogP contribution in [0.4, 0.5) is 10.5 Å². The van der Waals surface area contributed by atoms with E-state index >= 15 is 0 Å². The molecule has 4 nitrogen and oxygen atoms in total. The highest BCUT2D eigenvalue weighted by Crippen LogP contribution is 2.23. The van der Waals surface area contributed by atoms with Gasteiger partial charge in [-0.3, -0.25) is 4.98 Å². The molecule has 1 fully saturated rings. The zero-order valence-corrected chi connectivity index (χ0v) is 11.2. The number of pyridine rings is 1. The Morgan fingerprint density at radius 2 is 1.95 bits per heavy atom. The first-order chi connectivity index (χ1) is 9.83. The molecule has 3 rings (SSSR count). The van der Waals surface area contributed by atoms with Gasteiger partial charge in [0.1, 0.15) is 0 Å². The molecule has 0 saturated heterocycles. The average molecular weight is 267 g/mol. The van der Waals surface area contributed by atoms with Crippen molar-refractivity contribution >= 4 is 22.6 Å². The summed E-state index contributed by atoms with van der Waals surface area (Å²) in [5.41, 5.74) is 2.85. The standard InChI is InChI=1S/C16H17N3O/c20-16(18-11-12-5-1-2-6-12)19-14-9-3-7-13-8-4-10-17-15(13)14/h3-4,7-11H,1-2,5-6H2,(H2,18,19,20). The van der Waals surface area contributed by atoms with Crippen LogP contribution >= 0.6 is 0 Å². The number of para-hydroxylation sites is 1. The van der Waals surface area contributed by atoms with Gasteiger partial charge in [0.15, 0.2) is 0 Å². The van der Waals surface area contributed by atoms with Crippen LogP contribution in [-0.2, 0) is 0 Å². The van der Waals surface area contributed by atoms with Gasteiger partial charge >= 0.3 is 6.03 Å². The third kappa shape index (κ3) is 2.79. The minimum absolute atomic E-state index is 0.220. The van der Waals surface area contributed by atoms with E-state index in [-0.39, 0.29) is 6.03 Å². The van der Waals surface area contributed by atoms with E-state index in [1.165, 1.54) is 18.4 Å². The third-order valence-corrected chi connectivity index (χ3v) is 3.53. The van der Waals surface area contributed by atoms with E-state index in [1.807, 2.05) is 36.5 Å². The van der Waals surface area contributed by atoms with Crippen LogP contribution in [-0.4, -0.2) is 11.0 Å². The summed E-state index contributed by atoms with van der Waals surface area (Å²) in [4.78, 5) is 16.2. The summed E-state index contributed by atoms with van der Waals surface area (Å²) in [7, 11) is 0. The van der Waals surface area contributed by atoms with Gasteiger partial charge in [0.25, 0.3) is 0 Å². The van der Waals surface area contributed by atoms with Crippen molar-refractivity contribution in [2.75, 3.05) is 5.32 Å². The van der Waals surface area contributed by atoms with Gasteiger partial charge in [-0.05, 0) is 37.8 Å². The molecule has 1 aliphatic carbocycles. The van der Waals surface area contributed by atoms with Crippen molar-refractivity contribution < 1.29 is 4.79 Å². The maximum absolute atomic E-state index is 11.9. The second-order valence-corrected chi connectivity index (χ2v) is 4.99. The highest BCUT2D eigenvalue weighted by atomic mass is 16.2. The van der Waals surface area contributed by atoms with Crippen molar-refractivity contribution in [2.45, 2.75) is 25.7 Å². The Bertz CT molecular complexity index is 650. The molecule has 0 spiro atoms. The van der Waals surface area contributed by atoms with Crippen molar-refractivity contribution in [1.29, 1.82) is 0 Å². The molecule has 1 aromatic heterocycles. The predicted octanol–water partition coefficient (Wildman–Crippen LogP) is 3.81. The van der Waals surface area contributed by atoms with E-state index < -0.39 is 0 Å². The van der Waals surface area contributed by atoms with E-state index in [4.69, 9.17) is 0 Å². The van der Waals surface area contributed by atoms with Crippen LogP contribution in [0.2, 0.25) is 0 Å². The van der Waals surface area contributed by atoms with E-state index in [2.05, 4.69) is 15.6 Å². The monoisotopic (exact) mass is 267 g/mol. The molecule has 0 unspecified atom stereocenters. The van der Waals surface area contributed by atoms with Crippen molar-refractivity contribution in [1.82, 2.24) is 10.3 Å². The number of allylic oxidation sites excluding steroid dienone is 1. The molecule has 102 valence electrons. The van der Waals surface area contributed by atoms with Crippen molar-refractivity contribution in [3.8, 4) is 0 Å². The summed E-state index contributed by atoms with van der Waals surface area (Å²) in [5, 5.41) is 6.66. The minimum Gasteiger partial charge on any atom is -0.314 e. The van der Waals surface area contributed by atoms with Crippen molar-refractivity contribution in [2.24, 2.45) is 0 Å². The number of urea groups is 1. The van der Waals surface area contributed by atoms with E-state index in [9.17, 15) is 4.79 Å². The number of fused-ring (bicyclic) bond motifs is 1. The minimum atomic E-state index is -0.220. The fourth-order valence-corrected chi connectivity index (χ4v) is 2.50. The van der Waals surface area contributed by atoms with Gasteiger partial charge in [-0.15, -0.1) is 0 Å². The lowest BCUT2D eigenvalue weighted by atomic mass is 10.2. The lowest BCUT2D eigenvalue weighted by Gasteiger charge is -2.08. The smallest absolute Gasteiger partial charge is 0.314 e. The molecule has 4 heteroatoms. The van der Waals surface area contributed by atoms with E-state index in [0.29, 0.717) is 0 Å². The number of hydrogen-bond donors (Lipinski definition) is 2. The number of hydrogen-bond acceptors (Lipinski definition) is 2. The molecule has 2 N–H and O–H groups in total. The second kappa shape index (κ2) is 5.74. The quantitative estimate of drug-likeness (QED) is 0.869. The van der Waals surface area contributed by atoms with Crippen LogP contribution in [0, 0.1) is 0 Å². The number of aromatic nitrogens is 1. The summed E-state index contributed by atoms with van der Waals surface area (Å²) < 4.78 is 0. The average Bonchev–Trinajstić information content (AvgIpc) is 2.99. The Morgan fingerprint density at radius 3 is 2.80 bits per heavy atom.